The van der Waals surface area contributed by atoms with Gasteiger partial charge < -0.3 is 5.32 Å². The molecule has 0 saturated carbocycles. The Balaban J connectivity index is 1.57. The molecular weight excluding hydrogens is 367 g/mol. The predicted molar refractivity (Wildman–Crippen MR) is 101 cm³/mol. The number of piperidine rings is 1. The van der Waals surface area contributed by atoms with E-state index in [0.717, 1.165) is 5.56 Å². The number of nitrogens with zero attached hydrogens (tertiary/aromatic N) is 1. The molecule has 0 aromatic heterocycles. The Morgan fingerprint density at radius 1 is 1.07 bits per heavy atom. The van der Waals surface area contributed by atoms with Crippen molar-refractivity contribution in [1.82, 2.24) is 9.62 Å². The fourth-order valence-electron chi connectivity index (χ4n) is 3.27. The molecule has 2 aromatic rings. The van der Waals surface area contributed by atoms with Gasteiger partial charge in [-0.05, 0) is 49.6 Å². The first-order chi connectivity index (χ1) is 12.9. The van der Waals surface area contributed by atoms with Crippen molar-refractivity contribution < 1.29 is 17.6 Å². The van der Waals surface area contributed by atoms with Crippen LogP contribution in [0.5, 0.6) is 0 Å². The van der Waals surface area contributed by atoms with Gasteiger partial charge in [0.1, 0.15) is 5.82 Å². The molecule has 0 spiro atoms. The number of benzene rings is 2. The van der Waals surface area contributed by atoms with Gasteiger partial charge in [-0.25, -0.2) is 12.8 Å². The van der Waals surface area contributed by atoms with Gasteiger partial charge in [-0.15, -0.1) is 0 Å². The molecule has 1 amide bonds. The van der Waals surface area contributed by atoms with Gasteiger partial charge in [0, 0.05) is 19.0 Å². The molecule has 1 fully saturated rings. The Hall–Kier alpha value is -2.25. The normalized spacial score (nSPS) is 17.4. The summed E-state index contributed by atoms with van der Waals surface area (Å²) in [6, 6.07) is 14.1. The first-order valence-corrected chi connectivity index (χ1v) is 10.4. The van der Waals surface area contributed by atoms with Gasteiger partial charge in [0.15, 0.2) is 0 Å². The van der Waals surface area contributed by atoms with Crippen molar-refractivity contribution in [2.24, 2.45) is 5.92 Å². The number of nitrogens with one attached hydrogen (secondary N) is 1. The maximum absolute atomic E-state index is 13.0. The summed E-state index contributed by atoms with van der Waals surface area (Å²) >= 11 is 0. The third kappa shape index (κ3) is 4.54. The molecule has 5 nitrogen and oxygen atoms in total. The summed E-state index contributed by atoms with van der Waals surface area (Å²) in [5.74, 6) is -0.636. The Kier molecular flexibility index (Phi) is 5.92. The molecule has 2 aromatic carbocycles. The average molecular weight is 390 g/mol. The molecule has 1 heterocycles. The van der Waals surface area contributed by atoms with Crippen LogP contribution in [0.3, 0.4) is 0 Å². The summed E-state index contributed by atoms with van der Waals surface area (Å²) in [6.45, 7) is 2.49. The molecule has 1 N–H and O–H groups in total. The molecule has 3 rings (SSSR count). The van der Waals surface area contributed by atoms with Crippen LogP contribution in [0.25, 0.3) is 0 Å². The third-order valence-electron chi connectivity index (χ3n) is 4.93. The highest BCUT2D eigenvalue weighted by molar-refractivity contribution is 7.89. The van der Waals surface area contributed by atoms with Crippen molar-refractivity contribution in [1.29, 1.82) is 0 Å². The van der Waals surface area contributed by atoms with E-state index in [1.54, 1.807) is 42.5 Å². The van der Waals surface area contributed by atoms with E-state index in [1.165, 1.54) is 16.4 Å². The van der Waals surface area contributed by atoms with Gasteiger partial charge >= 0.3 is 0 Å². The van der Waals surface area contributed by atoms with Crippen LogP contribution < -0.4 is 5.32 Å². The fourth-order valence-corrected chi connectivity index (χ4v) is 4.76. The maximum atomic E-state index is 13.0. The highest BCUT2D eigenvalue weighted by atomic mass is 32.2. The summed E-state index contributed by atoms with van der Waals surface area (Å²) in [4.78, 5) is 12.8. The molecule has 7 heteroatoms. The lowest BCUT2D eigenvalue weighted by molar-refractivity contribution is -0.126. The zero-order chi connectivity index (χ0) is 19.4. The summed E-state index contributed by atoms with van der Waals surface area (Å²) in [5.41, 5.74) is 0.828. The number of halogens is 1. The van der Waals surface area contributed by atoms with E-state index < -0.39 is 10.0 Å². The highest BCUT2D eigenvalue weighted by Crippen LogP contribution is 2.24. The van der Waals surface area contributed by atoms with Crippen molar-refractivity contribution in [3.8, 4) is 0 Å². The molecule has 1 aliphatic heterocycles. The maximum Gasteiger partial charge on any atom is 0.243 e. The van der Waals surface area contributed by atoms with Crippen molar-refractivity contribution >= 4 is 15.9 Å². The molecule has 1 atom stereocenters. The van der Waals surface area contributed by atoms with Crippen molar-refractivity contribution in [3.05, 3.63) is 66.0 Å². The molecule has 1 aliphatic rings. The van der Waals surface area contributed by atoms with Crippen LogP contribution in [0.1, 0.15) is 31.4 Å². The lowest BCUT2D eigenvalue weighted by atomic mass is 9.96. The fraction of sp³-hybridized carbons (Fsp3) is 0.350. The molecule has 0 aliphatic carbocycles. The second-order valence-corrected chi connectivity index (χ2v) is 8.71. The predicted octanol–water partition coefficient (Wildman–Crippen LogP) is 3.10. The Bertz CT molecular complexity index is 877. The van der Waals surface area contributed by atoms with E-state index in [9.17, 15) is 17.6 Å². The first-order valence-electron chi connectivity index (χ1n) is 8.99. The number of sulfonamides is 1. The number of hydrogen-bond donors (Lipinski definition) is 1. The van der Waals surface area contributed by atoms with Crippen molar-refractivity contribution in [2.75, 3.05) is 13.1 Å². The number of carbonyl (C=O) groups is 1. The number of amides is 1. The smallest absolute Gasteiger partial charge is 0.243 e. The van der Waals surface area contributed by atoms with E-state index in [1.807, 2.05) is 6.92 Å². The van der Waals surface area contributed by atoms with Crippen LogP contribution in [-0.2, 0) is 14.8 Å². The van der Waals surface area contributed by atoms with Crippen LogP contribution in [0, 0.1) is 11.7 Å². The van der Waals surface area contributed by atoms with E-state index in [0.29, 0.717) is 25.9 Å². The largest absolute Gasteiger partial charge is 0.349 e. The topological polar surface area (TPSA) is 66.5 Å². The minimum atomic E-state index is -3.52. The number of carbonyl (C=O) groups excluding carboxylic acids is 1. The van der Waals surface area contributed by atoms with Crippen LogP contribution in [0.2, 0.25) is 0 Å². The zero-order valence-electron chi connectivity index (χ0n) is 15.1. The monoisotopic (exact) mass is 390 g/mol. The molecule has 0 unspecified atom stereocenters. The summed E-state index contributed by atoms with van der Waals surface area (Å²) in [6.07, 6.45) is 0.960. The SMILES string of the molecule is C[C@@H](NC(=O)C1CCN(S(=O)(=O)c2ccccc2)CC1)c1ccc(F)cc1. The number of rotatable bonds is 5. The van der Waals surface area contributed by atoms with Gasteiger partial charge in [-0.3, -0.25) is 4.79 Å². The van der Waals surface area contributed by atoms with E-state index >= 15 is 0 Å². The van der Waals surface area contributed by atoms with Gasteiger partial charge in [-0.2, -0.15) is 4.31 Å². The molecule has 144 valence electrons. The van der Waals surface area contributed by atoms with Crippen molar-refractivity contribution in [2.45, 2.75) is 30.7 Å². The van der Waals surface area contributed by atoms with Crippen LogP contribution >= 0.6 is 0 Å². The summed E-state index contributed by atoms with van der Waals surface area (Å²) in [5, 5.41) is 2.94. The third-order valence-corrected chi connectivity index (χ3v) is 6.85. The minimum Gasteiger partial charge on any atom is -0.349 e. The second kappa shape index (κ2) is 8.19. The molecular formula is C20H23FN2O3S. The number of hydrogen-bond acceptors (Lipinski definition) is 3. The molecule has 0 radical (unpaired) electrons. The highest BCUT2D eigenvalue weighted by Gasteiger charge is 2.32. The molecule has 0 bridgehead atoms. The van der Waals surface area contributed by atoms with Crippen LogP contribution in [0.4, 0.5) is 4.39 Å². The van der Waals surface area contributed by atoms with Crippen molar-refractivity contribution in [3.63, 3.8) is 0 Å². The van der Waals surface area contributed by atoms with E-state index in [-0.39, 0.29) is 28.6 Å². The Morgan fingerprint density at radius 2 is 1.67 bits per heavy atom. The lowest BCUT2D eigenvalue weighted by Gasteiger charge is -2.31. The van der Waals surface area contributed by atoms with Gasteiger partial charge in [0.25, 0.3) is 0 Å². The average Bonchev–Trinajstić information content (AvgIpc) is 2.69. The van der Waals surface area contributed by atoms with Gasteiger partial charge in [-0.1, -0.05) is 30.3 Å². The summed E-state index contributed by atoms with van der Waals surface area (Å²) < 4.78 is 39.8. The first kappa shape index (κ1) is 19.5. The van der Waals surface area contributed by atoms with Crippen LogP contribution in [0.15, 0.2) is 59.5 Å². The Morgan fingerprint density at radius 3 is 2.26 bits per heavy atom. The molecule has 1 saturated heterocycles. The minimum absolute atomic E-state index is 0.0939. The summed E-state index contributed by atoms with van der Waals surface area (Å²) in [7, 11) is -3.52. The van der Waals surface area contributed by atoms with Gasteiger partial charge in [0.2, 0.25) is 15.9 Å². The lowest BCUT2D eigenvalue weighted by Crippen LogP contribution is -2.43. The van der Waals surface area contributed by atoms with Gasteiger partial charge in [0.05, 0.1) is 10.9 Å². The standard InChI is InChI=1S/C20H23FN2O3S/c1-15(16-7-9-18(21)10-8-16)22-20(24)17-11-13-23(14-12-17)27(25,26)19-5-3-2-4-6-19/h2-10,15,17H,11-14H2,1H3,(H,22,24)/t15-/m1/s1. The Labute approximate surface area is 159 Å². The van der Waals surface area contributed by atoms with E-state index in [2.05, 4.69) is 5.32 Å². The molecule has 27 heavy (non-hydrogen) atoms. The second-order valence-electron chi connectivity index (χ2n) is 6.77. The zero-order valence-corrected chi connectivity index (χ0v) is 16.0. The van der Waals surface area contributed by atoms with Crippen LogP contribution in [-0.4, -0.2) is 31.7 Å². The quantitative estimate of drug-likeness (QED) is 0.853. The van der Waals surface area contributed by atoms with E-state index in [4.69, 9.17) is 0 Å².